The van der Waals surface area contributed by atoms with Gasteiger partial charge in [-0.1, -0.05) is 261 Å². The third-order valence-corrected chi connectivity index (χ3v) is 15.4. The molecule has 11 heteroatoms. The monoisotopic (exact) mass is 1110 g/mol. The van der Waals surface area contributed by atoms with Crippen LogP contribution in [0.15, 0.2) is 60.8 Å². The van der Waals surface area contributed by atoms with E-state index in [0.29, 0.717) is 12.8 Å². The van der Waals surface area contributed by atoms with Crippen LogP contribution in [0, 0.1) is 0 Å². The Kier molecular flexibility index (Phi) is 52.6. The van der Waals surface area contributed by atoms with Crippen LogP contribution in [0.3, 0.4) is 0 Å². The number of amides is 1. The molecule has 11 nitrogen and oxygen atoms in total. The van der Waals surface area contributed by atoms with Crippen molar-refractivity contribution >= 4 is 11.9 Å². The zero-order chi connectivity index (χ0) is 57.5. The molecule has 0 aromatic rings. The van der Waals surface area contributed by atoms with Gasteiger partial charge in [0.05, 0.1) is 25.4 Å². The molecule has 1 aliphatic rings. The molecule has 1 rings (SSSR count). The third kappa shape index (κ3) is 43.7. The predicted octanol–water partition coefficient (Wildman–Crippen LogP) is 16.2. The van der Waals surface area contributed by atoms with Crippen LogP contribution in [-0.4, -0.2) is 99.6 Å². The van der Waals surface area contributed by atoms with E-state index in [1.165, 1.54) is 161 Å². The fourth-order valence-corrected chi connectivity index (χ4v) is 10.1. The summed E-state index contributed by atoms with van der Waals surface area (Å²) in [6.07, 6.45) is 59.7. The Bertz CT molecular complexity index is 1510. The van der Waals surface area contributed by atoms with Crippen molar-refractivity contribution in [2.45, 2.75) is 346 Å². The average molecular weight is 1110 g/mol. The number of esters is 1. The normalized spacial score (nSPS) is 19.2. The van der Waals surface area contributed by atoms with Gasteiger partial charge in [-0.25, -0.2) is 0 Å². The highest BCUT2D eigenvalue weighted by molar-refractivity contribution is 5.80. The minimum atomic E-state index is -1.62. The summed E-state index contributed by atoms with van der Waals surface area (Å²) in [5.74, 6) is -1.20. The van der Waals surface area contributed by atoms with E-state index in [-0.39, 0.29) is 19.4 Å². The molecule has 0 aromatic heterocycles. The summed E-state index contributed by atoms with van der Waals surface area (Å²) < 4.78 is 17.6. The summed E-state index contributed by atoms with van der Waals surface area (Å²) in [4.78, 5) is 26.6. The first-order chi connectivity index (χ1) is 38.7. The third-order valence-electron chi connectivity index (χ3n) is 15.4. The lowest BCUT2D eigenvalue weighted by Gasteiger charge is -2.41. The van der Waals surface area contributed by atoms with Crippen molar-refractivity contribution in [2.24, 2.45) is 0 Å². The minimum Gasteiger partial charge on any atom is -0.454 e. The van der Waals surface area contributed by atoms with E-state index >= 15 is 0 Å². The summed E-state index contributed by atoms with van der Waals surface area (Å²) in [5.41, 5.74) is 0. The topological polar surface area (TPSA) is 175 Å². The highest BCUT2D eigenvalue weighted by atomic mass is 16.7. The zero-order valence-corrected chi connectivity index (χ0v) is 51.0. The van der Waals surface area contributed by atoms with Gasteiger partial charge in [-0.3, -0.25) is 9.59 Å². The average Bonchev–Trinajstić information content (AvgIpc) is 3.47. The van der Waals surface area contributed by atoms with E-state index in [4.69, 9.17) is 14.2 Å². The van der Waals surface area contributed by atoms with Crippen molar-refractivity contribution in [1.82, 2.24) is 5.32 Å². The maximum atomic E-state index is 13.4. The first-order valence-electron chi connectivity index (χ1n) is 33.1. The number of unbranched alkanes of at least 4 members (excludes halogenated alkanes) is 34. The first-order valence-corrected chi connectivity index (χ1v) is 33.1. The number of carbonyl (C=O) groups excluding carboxylic acids is 2. The van der Waals surface area contributed by atoms with Gasteiger partial charge in [0.15, 0.2) is 12.4 Å². The molecule has 0 spiro atoms. The Morgan fingerprint density at radius 3 is 1.32 bits per heavy atom. The molecule has 1 heterocycles. The van der Waals surface area contributed by atoms with Gasteiger partial charge in [-0.2, -0.15) is 0 Å². The number of aliphatic hydroxyl groups is 5. The van der Waals surface area contributed by atoms with E-state index in [2.05, 4.69) is 74.7 Å². The molecule has 0 aromatic carbocycles. The second-order valence-corrected chi connectivity index (χ2v) is 22.8. The van der Waals surface area contributed by atoms with Gasteiger partial charge in [-0.15, -0.1) is 0 Å². The van der Waals surface area contributed by atoms with Crippen LogP contribution in [0.1, 0.15) is 297 Å². The second kappa shape index (κ2) is 55.9. The molecule has 0 radical (unpaired) electrons. The summed E-state index contributed by atoms with van der Waals surface area (Å²) in [7, 11) is 0. The van der Waals surface area contributed by atoms with Gasteiger partial charge in [-0.05, 0) is 89.9 Å². The number of nitrogens with one attached hydrogen (secondary N) is 1. The highest BCUT2D eigenvalue weighted by Crippen LogP contribution is 2.26. The summed E-state index contributed by atoms with van der Waals surface area (Å²) in [6, 6.07) is -1.03. The van der Waals surface area contributed by atoms with Gasteiger partial charge < -0.3 is 45.1 Å². The van der Waals surface area contributed by atoms with Crippen molar-refractivity contribution in [2.75, 3.05) is 13.2 Å². The molecule has 1 fully saturated rings. The molecular formula is C68H123NO10. The maximum Gasteiger partial charge on any atom is 0.306 e. The van der Waals surface area contributed by atoms with Crippen LogP contribution in [0.2, 0.25) is 0 Å². The van der Waals surface area contributed by atoms with Crippen molar-refractivity contribution in [3.63, 3.8) is 0 Å². The second-order valence-electron chi connectivity index (χ2n) is 22.8. The van der Waals surface area contributed by atoms with Crippen LogP contribution in [-0.2, 0) is 23.8 Å². The molecule has 0 saturated carbocycles. The van der Waals surface area contributed by atoms with Crippen molar-refractivity contribution in [3.05, 3.63) is 60.8 Å². The van der Waals surface area contributed by atoms with Gasteiger partial charge >= 0.3 is 5.97 Å². The summed E-state index contributed by atoms with van der Waals surface area (Å²) >= 11 is 0. The standard InChI is InChI=1S/C68H123NO10/c1-4-7-10-13-16-19-22-24-26-28-29-30-31-32-33-34-36-38-41-44-47-50-53-56-63(73)79-66-65(75)64(74)62(57-70)78-68(66)77-58-59(60(71)54-51-48-45-42-39-21-18-15-12-9-6-3)69-67(76)61(72)55-52-49-46-43-40-37-35-27-25-23-20-17-14-11-8-5-2/h16-17,19-20,24-27,51,54,59-62,64-66,68,70-72,74-75H,4-15,18,21-23,28-50,52-53,55-58H2,1-3H3,(H,69,76)/b19-16-,20-17-,26-24-,27-25-,54-51+. The maximum absolute atomic E-state index is 13.4. The minimum absolute atomic E-state index is 0.122. The lowest BCUT2D eigenvalue weighted by Crippen LogP contribution is -2.61. The number of hydrogen-bond acceptors (Lipinski definition) is 10. The van der Waals surface area contributed by atoms with E-state index in [0.717, 1.165) is 89.9 Å². The molecule has 8 atom stereocenters. The van der Waals surface area contributed by atoms with Crippen molar-refractivity contribution < 1.29 is 49.3 Å². The fraction of sp³-hybridized carbons (Fsp3) is 0.824. The fourth-order valence-electron chi connectivity index (χ4n) is 10.1. The van der Waals surface area contributed by atoms with E-state index in [9.17, 15) is 35.1 Å². The molecule has 1 saturated heterocycles. The molecular weight excluding hydrogens is 991 g/mol. The van der Waals surface area contributed by atoms with Crippen LogP contribution >= 0.6 is 0 Å². The first kappa shape index (κ1) is 74.4. The van der Waals surface area contributed by atoms with E-state index < -0.39 is 67.4 Å². The Hall–Kier alpha value is -2.64. The number of ether oxygens (including phenoxy) is 3. The van der Waals surface area contributed by atoms with Gasteiger partial charge in [0, 0.05) is 6.42 Å². The largest absolute Gasteiger partial charge is 0.454 e. The molecule has 79 heavy (non-hydrogen) atoms. The molecule has 460 valence electrons. The SMILES string of the molecule is CCCCC/C=C\C/C=C\CCCCCCCCCCCCCCCC(=O)OC1C(OCC(NC(=O)C(O)CCCCCCCC/C=C\C/C=C\CCCCC)C(O)/C=C/CCCCCCCCCCC)OC(CO)C(O)C1O. The molecule has 1 aliphatic heterocycles. The van der Waals surface area contributed by atoms with Crippen LogP contribution in [0.4, 0.5) is 0 Å². The van der Waals surface area contributed by atoms with Crippen LogP contribution in [0.25, 0.3) is 0 Å². The molecule has 6 N–H and O–H groups in total. The summed E-state index contributed by atoms with van der Waals surface area (Å²) in [6.45, 7) is 5.75. The lowest BCUT2D eigenvalue weighted by molar-refractivity contribution is -0.305. The molecule has 0 aliphatic carbocycles. The van der Waals surface area contributed by atoms with Gasteiger partial charge in [0.2, 0.25) is 5.91 Å². The van der Waals surface area contributed by atoms with Crippen molar-refractivity contribution in [3.8, 4) is 0 Å². The Morgan fingerprint density at radius 2 is 0.873 bits per heavy atom. The zero-order valence-electron chi connectivity index (χ0n) is 51.0. The van der Waals surface area contributed by atoms with Gasteiger partial charge in [0.25, 0.3) is 0 Å². The molecule has 8 unspecified atom stereocenters. The number of hydrogen-bond donors (Lipinski definition) is 6. The Morgan fingerprint density at radius 1 is 0.494 bits per heavy atom. The lowest BCUT2D eigenvalue weighted by atomic mass is 9.99. The van der Waals surface area contributed by atoms with Crippen molar-refractivity contribution in [1.29, 1.82) is 0 Å². The van der Waals surface area contributed by atoms with Crippen LogP contribution in [0.5, 0.6) is 0 Å². The van der Waals surface area contributed by atoms with Crippen LogP contribution < -0.4 is 5.32 Å². The van der Waals surface area contributed by atoms with Gasteiger partial charge in [0.1, 0.15) is 24.4 Å². The highest BCUT2D eigenvalue weighted by Gasteiger charge is 2.47. The quantitative estimate of drug-likeness (QED) is 0.0195. The summed E-state index contributed by atoms with van der Waals surface area (Å²) in [5, 5.41) is 57.0. The Labute approximate surface area is 484 Å². The molecule has 1 amide bonds. The Balaban J connectivity index is 2.60. The smallest absolute Gasteiger partial charge is 0.306 e. The molecule has 0 bridgehead atoms. The predicted molar refractivity (Wildman–Crippen MR) is 329 cm³/mol. The number of rotatable bonds is 56. The van der Waals surface area contributed by atoms with E-state index in [1.54, 1.807) is 6.08 Å². The van der Waals surface area contributed by atoms with E-state index in [1.807, 2.05) is 6.08 Å². The number of allylic oxidation sites excluding steroid dienone is 9. The number of carbonyl (C=O) groups is 2. The number of aliphatic hydroxyl groups excluding tert-OH is 5.